The standard InChI is InChI=1S/C7H6BrN3OS2/c8-5-2-1-4(12-5)3-13-7-11-10-6(9)14-7/h1-2H,3H2,(H2,9,10). The lowest BCUT2D eigenvalue weighted by molar-refractivity contribution is 0.506. The Morgan fingerprint density at radius 3 is 2.93 bits per heavy atom. The van der Waals surface area contributed by atoms with E-state index in [1.807, 2.05) is 12.1 Å². The van der Waals surface area contributed by atoms with Crippen LogP contribution < -0.4 is 5.73 Å². The molecule has 7 heteroatoms. The van der Waals surface area contributed by atoms with Crippen molar-refractivity contribution in [2.75, 3.05) is 5.73 Å². The number of nitrogens with two attached hydrogens (primary N) is 1. The minimum Gasteiger partial charge on any atom is -0.453 e. The van der Waals surface area contributed by atoms with Crippen molar-refractivity contribution in [2.45, 2.75) is 10.1 Å². The highest BCUT2D eigenvalue weighted by molar-refractivity contribution is 9.10. The molecule has 14 heavy (non-hydrogen) atoms. The second-order valence-corrected chi connectivity index (χ2v) is 5.41. The maximum Gasteiger partial charge on any atom is 0.203 e. The molecule has 0 radical (unpaired) electrons. The van der Waals surface area contributed by atoms with E-state index in [0.717, 1.165) is 20.5 Å². The molecular weight excluding hydrogens is 286 g/mol. The molecule has 0 saturated heterocycles. The third-order valence-electron chi connectivity index (χ3n) is 1.39. The first-order chi connectivity index (χ1) is 6.74. The van der Waals surface area contributed by atoms with E-state index >= 15 is 0 Å². The van der Waals surface area contributed by atoms with E-state index in [1.54, 1.807) is 11.8 Å². The summed E-state index contributed by atoms with van der Waals surface area (Å²) in [7, 11) is 0. The molecule has 0 bridgehead atoms. The first kappa shape index (κ1) is 10.0. The quantitative estimate of drug-likeness (QED) is 0.881. The summed E-state index contributed by atoms with van der Waals surface area (Å²) < 4.78 is 6.93. The molecule has 74 valence electrons. The Morgan fingerprint density at radius 2 is 2.36 bits per heavy atom. The van der Waals surface area contributed by atoms with Crippen LogP contribution in [0.5, 0.6) is 0 Å². The Balaban J connectivity index is 1.94. The Morgan fingerprint density at radius 1 is 1.50 bits per heavy atom. The van der Waals surface area contributed by atoms with Crippen molar-refractivity contribution in [3.63, 3.8) is 0 Å². The first-order valence-electron chi connectivity index (χ1n) is 3.70. The van der Waals surface area contributed by atoms with E-state index in [2.05, 4.69) is 26.1 Å². The van der Waals surface area contributed by atoms with E-state index in [0.29, 0.717) is 5.13 Å². The predicted octanol–water partition coefficient (Wildman–Crippen LogP) is 2.77. The lowest BCUT2D eigenvalue weighted by atomic mass is 10.5. The molecule has 2 aromatic heterocycles. The molecular formula is C7H6BrN3OS2. The van der Waals surface area contributed by atoms with Crippen LogP contribution in [0.3, 0.4) is 0 Å². The summed E-state index contributed by atoms with van der Waals surface area (Å²) in [5, 5.41) is 8.10. The van der Waals surface area contributed by atoms with E-state index < -0.39 is 0 Å². The molecule has 0 aliphatic heterocycles. The number of hydrogen-bond acceptors (Lipinski definition) is 6. The summed E-state index contributed by atoms with van der Waals surface area (Å²) in [6.07, 6.45) is 0. The van der Waals surface area contributed by atoms with Gasteiger partial charge in [-0.15, -0.1) is 10.2 Å². The Bertz CT molecular complexity index is 388. The molecule has 2 rings (SSSR count). The van der Waals surface area contributed by atoms with Gasteiger partial charge >= 0.3 is 0 Å². The molecule has 0 aromatic carbocycles. The van der Waals surface area contributed by atoms with Gasteiger partial charge in [-0.3, -0.25) is 0 Å². The number of anilines is 1. The molecule has 2 aromatic rings. The van der Waals surface area contributed by atoms with Gasteiger partial charge in [0.2, 0.25) is 5.13 Å². The van der Waals surface area contributed by atoms with Crippen LogP contribution in [0.1, 0.15) is 5.76 Å². The Labute approximate surface area is 97.0 Å². The third kappa shape index (κ3) is 2.49. The van der Waals surface area contributed by atoms with Crippen molar-refractivity contribution >= 4 is 44.2 Å². The molecule has 0 atom stereocenters. The number of halogens is 1. The van der Waals surface area contributed by atoms with Crippen LogP contribution in [0.15, 0.2) is 25.6 Å². The zero-order chi connectivity index (χ0) is 9.97. The van der Waals surface area contributed by atoms with Crippen LogP contribution in [0.25, 0.3) is 0 Å². The molecule has 0 saturated carbocycles. The molecule has 0 spiro atoms. The molecule has 4 nitrogen and oxygen atoms in total. The molecule has 2 N–H and O–H groups in total. The van der Waals surface area contributed by atoms with Gasteiger partial charge in [-0.25, -0.2) is 0 Å². The summed E-state index contributed by atoms with van der Waals surface area (Å²) in [6, 6.07) is 3.78. The summed E-state index contributed by atoms with van der Waals surface area (Å²) in [4.78, 5) is 0. The van der Waals surface area contributed by atoms with Crippen molar-refractivity contribution in [1.29, 1.82) is 0 Å². The zero-order valence-corrected chi connectivity index (χ0v) is 10.2. The van der Waals surface area contributed by atoms with Gasteiger partial charge < -0.3 is 10.2 Å². The fourth-order valence-electron chi connectivity index (χ4n) is 0.841. The van der Waals surface area contributed by atoms with Crippen molar-refractivity contribution < 1.29 is 4.42 Å². The smallest absolute Gasteiger partial charge is 0.203 e. The van der Waals surface area contributed by atoms with Gasteiger partial charge in [0, 0.05) is 0 Å². The zero-order valence-electron chi connectivity index (χ0n) is 6.94. The van der Waals surface area contributed by atoms with Gasteiger partial charge in [0.15, 0.2) is 9.01 Å². The summed E-state index contributed by atoms with van der Waals surface area (Å²) in [5.74, 6) is 1.64. The highest BCUT2D eigenvalue weighted by Gasteiger charge is 2.04. The van der Waals surface area contributed by atoms with Gasteiger partial charge in [0.1, 0.15) is 5.76 Å². The molecule has 2 heterocycles. The van der Waals surface area contributed by atoms with E-state index in [4.69, 9.17) is 10.2 Å². The van der Waals surface area contributed by atoms with Crippen LogP contribution in [-0.2, 0) is 5.75 Å². The molecule has 0 aliphatic rings. The van der Waals surface area contributed by atoms with Gasteiger partial charge in [-0.1, -0.05) is 23.1 Å². The van der Waals surface area contributed by atoms with E-state index in [9.17, 15) is 0 Å². The first-order valence-corrected chi connectivity index (χ1v) is 6.29. The maximum absolute atomic E-state index is 5.45. The molecule has 0 unspecified atom stereocenters. The van der Waals surface area contributed by atoms with Crippen molar-refractivity contribution in [1.82, 2.24) is 10.2 Å². The molecule has 0 aliphatic carbocycles. The maximum atomic E-state index is 5.45. The summed E-state index contributed by atoms with van der Waals surface area (Å²) in [6.45, 7) is 0. The number of nitrogens with zero attached hydrogens (tertiary/aromatic N) is 2. The normalized spacial score (nSPS) is 10.6. The highest BCUT2D eigenvalue weighted by atomic mass is 79.9. The van der Waals surface area contributed by atoms with Gasteiger partial charge in [0.05, 0.1) is 5.75 Å². The van der Waals surface area contributed by atoms with Gasteiger partial charge in [0.25, 0.3) is 0 Å². The Hall–Kier alpha value is -0.530. The van der Waals surface area contributed by atoms with Gasteiger partial charge in [-0.05, 0) is 28.1 Å². The SMILES string of the molecule is Nc1nnc(SCc2ccc(Br)o2)s1. The monoisotopic (exact) mass is 291 g/mol. The fourth-order valence-corrected chi connectivity index (χ4v) is 2.71. The average molecular weight is 292 g/mol. The number of furan rings is 1. The van der Waals surface area contributed by atoms with Crippen LogP contribution in [0.2, 0.25) is 0 Å². The Kier molecular flexibility index (Phi) is 3.09. The summed E-state index contributed by atoms with van der Waals surface area (Å²) in [5.41, 5.74) is 5.45. The lowest BCUT2D eigenvalue weighted by Gasteiger charge is -1.91. The minimum absolute atomic E-state index is 0.494. The second-order valence-electron chi connectivity index (χ2n) is 2.40. The largest absolute Gasteiger partial charge is 0.453 e. The summed E-state index contributed by atoms with van der Waals surface area (Å²) >= 11 is 6.18. The van der Waals surface area contributed by atoms with Gasteiger partial charge in [-0.2, -0.15) is 0 Å². The number of nitrogen functional groups attached to an aromatic ring is 1. The molecule has 0 amide bonds. The molecule has 0 fully saturated rings. The average Bonchev–Trinajstić information content (AvgIpc) is 2.72. The predicted molar refractivity (Wildman–Crippen MR) is 60.3 cm³/mol. The van der Waals surface area contributed by atoms with Crippen LogP contribution >= 0.6 is 39.0 Å². The van der Waals surface area contributed by atoms with E-state index in [1.165, 1.54) is 11.3 Å². The number of thioether (sulfide) groups is 1. The second kappa shape index (κ2) is 4.33. The fraction of sp³-hybridized carbons (Fsp3) is 0.143. The third-order valence-corrected chi connectivity index (χ3v) is 3.72. The van der Waals surface area contributed by atoms with E-state index in [-0.39, 0.29) is 0 Å². The number of aromatic nitrogens is 2. The number of hydrogen-bond donors (Lipinski definition) is 1. The topological polar surface area (TPSA) is 64.9 Å². The highest BCUT2D eigenvalue weighted by Crippen LogP contribution is 2.28. The lowest BCUT2D eigenvalue weighted by Crippen LogP contribution is -1.79. The van der Waals surface area contributed by atoms with Crippen molar-refractivity contribution in [2.24, 2.45) is 0 Å². The number of rotatable bonds is 3. The van der Waals surface area contributed by atoms with Crippen LogP contribution in [0.4, 0.5) is 5.13 Å². The van der Waals surface area contributed by atoms with Crippen molar-refractivity contribution in [3.05, 3.63) is 22.6 Å². The van der Waals surface area contributed by atoms with Crippen molar-refractivity contribution in [3.8, 4) is 0 Å². The van der Waals surface area contributed by atoms with Crippen LogP contribution in [0, 0.1) is 0 Å². The van der Waals surface area contributed by atoms with Crippen LogP contribution in [-0.4, -0.2) is 10.2 Å². The minimum atomic E-state index is 0.494.